The number of carboxylic acid groups (broad SMARTS) is 1. The summed E-state index contributed by atoms with van der Waals surface area (Å²) in [6, 6.07) is 1.19. The van der Waals surface area contributed by atoms with Crippen molar-refractivity contribution >= 4 is 11.7 Å². The van der Waals surface area contributed by atoms with Gasteiger partial charge in [0.05, 0.1) is 5.56 Å². The van der Waals surface area contributed by atoms with E-state index in [1.807, 2.05) is 0 Å². The Kier molecular flexibility index (Phi) is 3.96. The van der Waals surface area contributed by atoms with Crippen molar-refractivity contribution in [3.05, 3.63) is 29.3 Å². The smallest absolute Gasteiger partial charge is 0.337 e. The first kappa shape index (κ1) is 11.8. The van der Waals surface area contributed by atoms with Crippen molar-refractivity contribution in [2.45, 2.75) is 0 Å². The van der Waals surface area contributed by atoms with Crippen LogP contribution in [0.3, 0.4) is 0 Å². The van der Waals surface area contributed by atoms with Crippen molar-refractivity contribution in [3.63, 3.8) is 0 Å². The summed E-state index contributed by atoms with van der Waals surface area (Å²) in [4.78, 5) is 10.3. The van der Waals surface area contributed by atoms with Crippen LogP contribution in [0.1, 0.15) is 10.4 Å². The maximum Gasteiger partial charge on any atom is 0.337 e. The minimum atomic E-state index is -1.38. The molecule has 1 rings (SSSR count). The van der Waals surface area contributed by atoms with Gasteiger partial charge in [-0.25, -0.2) is 13.6 Å². The normalized spacial score (nSPS) is 8.57. The van der Waals surface area contributed by atoms with Crippen molar-refractivity contribution in [3.8, 4) is 0 Å². The SMILES string of the molecule is N#N.Nc1cc(F)c(F)cc1C(=O)O. The van der Waals surface area contributed by atoms with E-state index in [1.54, 1.807) is 0 Å². The lowest BCUT2D eigenvalue weighted by Gasteiger charge is -2.00. The molecule has 0 unspecified atom stereocenters. The number of carbonyl (C=O) groups is 1. The molecule has 0 spiro atoms. The minimum absolute atomic E-state index is 0.290. The molecule has 0 fully saturated rings. The molecule has 14 heavy (non-hydrogen) atoms. The summed E-state index contributed by atoms with van der Waals surface area (Å²) in [7, 11) is 0. The van der Waals surface area contributed by atoms with Gasteiger partial charge in [-0.15, -0.1) is 0 Å². The molecule has 0 saturated carbocycles. The van der Waals surface area contributed by atoms with Gasteiger partial charge in [0, 0.05) is 22.5 Å². The van der Waals surface area contributed by atoms with Crippen molar-refractivity contribution in [2.24, 2.45) is 0 Å². The summed E-state index contributed by atoms with van der Waals surface area (Å²) < 4.78 is 24.8. The molecule has 0 heterocycles. The summed E-state index contributed by atoms with van der Waals surface area (Å²) >= 11 is 0. The van der Waals surface area contributed by atoms with Crippen LogP contribution in [0.25, 0.3) is 0 Å². The van der Waals surface area contributed by atoms with E-state index in [9.17, 15) is 13.6 Å². The number of rotatable bonds is 1. The van der Waals surface area contributed by atoms with Gasteiger partial charge in [-0.3, -0.25) is 0 Å². The van der Waals surface area contributed by atoms with Gasteiger partial charge in [0.15, 0.2) is 11.6 Å². The molecule has 0 aromatic heterocycles. The average molecular weight is 201 g/mol. The van der Waals surface area contributed by atoms with Crippen molar-refractivity contribution in [2.75, 3.05) is 5.73 Å². The number of halogens is 2. The van der Waals surface area contributed by atoms with Gasteiger partial charge >= 0.3 is 5.97 Å². The molecule has 0 radical (unpaired) electrons. The molecule has 5 nitrogen and oxygen atoms in total. The van der Waals surface area contributed by atoms with Gasteiger partial charge in [0.25, 0.3) is 0 Å². The second-order valence-electron chi connectivity index (χ2n) is 2.16. The zero-order chi connectivity index (χ0) is 11.3. The standard InChI is InChI=1S/C7H5F2NO2.N2/c8-4-1-3(7(11)12)6(10)2-5(4)9;1-2/h1-2H,10H2,(H,11,12);. The molecular formula is C7H5F2N3O2. The second-order valence-corrected chi connectivity index (χ2v) is 2.16. The third kappa shape index (κ3) is 2.38. The van der Waals surface area contributed by atoms with Crippen LogP contribution in [0.5, 0.6) is 0 Å². The first-order valence-corrected chi connectivity index (χ1v) is 3.20. The highest BCUT2D eigenvalue weighted by Gasteiger charge is 2.12. The lowest BCUT2D eigenvalue weighted by atomic mass is 10.2. The molecule has 0 atom stereocenters. The van der Waals surface area contributed by atoms with Crippen LogP contribution < -0.4 is 5.73 Å². The van der Waals surface area contributed by atoms with E-state index in [-0.39, 0.29) is 5.69 Å². The Hall–Kier alpha value is -2.23. The number of carboxylic acids is 1. The Labute approximate surface area is 77.2 Å². The van der Waals surface area contributed by atoms with Crippen LogP contribution in [0.4, 0.5) is 14.5 Å². The molecule has 0 aliphatic heterocycles. The van der Waals surface area contributed by atoms with E-state index < -0.39 is 23.2 Å². The maximum absolute atomic E-state index is 12.4. The molecule has 1 aromatic rings. The molecule has 3 N–H and O–H groups in total. The van der Waals surface area contributed by atoms with E-state index >= 15 is 0 Å². The van der Waals surface area contributed by atoms with Crippen molar-refractivity contribution in [1.82, 2.24) is 0 Å². The number of nitrogens with two attached hydrogens (primary N) is 1. The lowest BCUT2D eigenvalue weighted by molar-refractivity contribution is 0.0697. The predicted molar refractivity (Wildman–Crippen MR) is 41.2 cm³/mol. The molecule has 0 amide bonds. The summed E-state index contributed by atoms with van der Waals surface area (Å²) in [6.45, 7) is 0. The van der Waals surface area contributed by atoms with E-state index in [0.717, 1.165) is 0 Å². The number of nitrogen functional groups attached to an aromatic ring is 1. The molecule has 1 aromatic carbocycles. The predicted octanol–water partition coefficient (Wildman–Crippen LogP) is 1.28. The van der Waals surface area contributed by atoms with Gasteiger partial charge in [0.2, 0.25) is 0 Å². The van der Waals surface area contributed by atoms with Gasteiger partial charge in [0.1, 0.15) is 0 Å². The van der Waals surface area contributed by atoms with Crippen LogP contribution in [0, 0.1) is 22.4 Å². The third-order valence-electron chi connectivity index (χ3n) is 1.32. The number of nitrogens with zero attached hydrogens (tertiary/aromatic N) is 2. The van der Waals surface area contributed by atoms with E-state index in [4.69, 9.17) is 21.6 Å². The number of benzene rings is 1. The topological polar surface area (TPSA) is 111 Å². The van der Waals surface area contributed by atoms with Crippen LogP contribution in [-0.4, -0.2) is 11.1 Å². The average Bonchev–Trinajstić information content (AvgIpc) is 2.14. The maximum atomic E-state index is 12.4. The Morgan fingerprint density at radius 3 is 2.14 bits per heavy atom. The number of hydrogen-bond donors (Lipinski definition) is 2. The number of aromatic carboxylic acids is 1. The summed E-state index contributed by atoms with van der Waals surface area (Å²) in [5.74, 6) is -3.76. The fourth-order valence-corrected chi connectivity index (χ4v) is 0.747. The van der Waals surface area contributed by atoms with Crippen molar-refractivity contribution < 1.29 is 18.7 Å². The summed E-state index contributed by atoms with van der Waals surface area (Å²) in [5.41, 5.74) is 4.38. The Morgan fingerprint density at radius 1 is 1.29 bits per heavy atom. The first-order chi connectivity index (χ1) is 6.52. The molecule has 0 bridgehead atoms. The van der Waals surface area contributed by atoms with Crippen LogP contribution in [0.15, 0.2) is 12.1 Å². The lowest BCUT2D eigenvalue weighted by Crippen LogP contribution is -2.04. The number of hydrogen-bond acceptors (Lipinski definition) is 4. The minimum Gasteiger partial charge on any atom is -0.478 e. The van der Waals surface area contributed by atoms with Crippen LogP contribution in [0.2, 0.25) is 0 Å². The molecule has 0 saturated heterocycles. The van der Waals surface area contributed by atoms with Gasteiger partial charge < -0.3 is 10.8 Å². The van der Waals surface area contributed by atoms with Crippen molar-refractivity contribution in [1.29, 1.82) is 10.8 Å². The molecule has 0 aliphatic carbocycles. The van der Waals surface area contributed by atoms with Crippen LogP contribution in [-0.2, 0) is 0 Å². The molecule has 7 heteroatoms. The largest absolute Gasteiger partial charge is 0.478 e. The zero-order valence-corrected chi connectivity index (χ0v) is 6.74. The molecular weight excluding hydrogens is 196 g/mol. The summed E-state index contributed by atoms with van der Waals surface area (Å²) in [6.07, 6.45) is 0. The Bertz CT molecular complexity index is 379. The highest BCUT2D eigenvalue weighted by atomic mass is 19.2. The van der Waals surface area contributed by atoms with E-state index in [1.165, 1.54) is 0 Å². The Balaban J connectivity index is 0.000000791. The van der Waals surface area contributed by atoms with E-state index in [0.29, 0.717) is 12.1 Å². The molecule has 0 aliphatic rings. The summed E-state index contributed by atoms with van der Waals surface area (Å²) in [5, 5.41) is 20.4. The molecule has 74 valence electrons. The highest BCUT2D eigenvalue weighted by Crippen LogP contribution is 2.16. The number of anilines is 1. The second kappa shape index (κ2) is 4.71. The third-order valence-corrected chi connectivity index (χ3v) is 1.32. The van der Waals surface area contributed by atoms with E-state index in [2.05, 4.69) is 0 Å². The first-order valence-electron chi connectivity index (χ1n) is 3.20. The van der Waals surface area contributed by atoms with Gasteiger partial charge in [-0.05, 0) is 6.07 Å². The fraction of sp³-hybridized carbons (Fsp3) is 0. The van der Waals surface area contributed by atoms with Gasteiger partial charge in [-0.1, -0.05) is 0 Å². The monoisotopic (exact) mass is 201 g/mol. The quantitative estimate of drug-likeness (QED) is 0.525. The zero-order valence-electron chi connectivity index (χ0n) is 6.74. The van der Waals surface area contributed by atoms with Gasteiger partial charge in [-0.2, -0.15) is 0 Å². The fourth-order valence-electron chi connectivity index (χ4n) is 0.747. The Morgan fingerprint density at radius 2 is 1.71 bits per heavy atom. The highest BCUT2D eigenvalue weighted by molar-refractivity contribution is 5.93. The van der Waals surface area contributed by atoms with Crippen LogP contribution >= 0.6 is 0 Å².